The first-order valence-electron chi connectivity index (χ1n) is 6.09. The van der Waals surface area contributed by atoms with Crippen molar-refractivity contribution in [1.82, 2.24) is 4.90 Å². The van der Waals surface area contributed by atoms with Crippen LogP contribution in [0.5, 0.6) is 5.75 Å². The second-order valence-electron chi connectivity index (χ2n) is 4.84. The van der Waals surface area contributed by atoms with Gasteiger partial charge in [0.15, 0.2) is 0 Å². The molecule has 0 spiro atoms. The lowest BCUT2D eigenvalue weighted by Gasteiger charge is -2.37. The molecule has 1 aromatic rings. The van der Waals surface area contributed by atoms with E-state index >= 15 is 0 Å². The zero-order chi connectivity index (χ0) is 13.6. The van der Waals surface area contributed by atoms with Crippen molar-refractivity contribution < 1.29 is 9.47 Å². The van der Waals surface area contributed by atoms with Crippen molar-refractivity contribution in [2.75, 3.05) is 34.4 Å². The minimum absolute atomic E-state index is 0.144. The number of nitrogens with zero attached hydrogens (tertiary/aromatic N) is 1. The van der Waals surface area contributed by atoms with Crippen LogP contribution in [-0.2, 0) is 11.3 Å². The largest absolute Gasteiger partial charge is 0.497 e. The molecule has 4 nitrogen and oxygen atoms in total. The molecule has 0 saturated heterocycles. The third-order valence-electron chi connectivity index (χ3n) is 3.40. The Morgan fingerprint density at radius 2 is 1.83 bits per heavy atom. The molecule has 1 aromatic carbocycles. The molecule has 0 heterocycles. The summed E-state index contributed by atoms with van der Waals surface area (Å²) in [5.41, 5.74) is 6.94. The molecule has 0 radical (unpaired) electrons. The Bertz CT molecular complexity index is 353. The molecule has 1 rings (SSSR count). The molecule has 2 N–H and O–H groups in total. The predicted octanol–water partition coefficient (Wildman–Crippen LogP) is 1.49. The smallest absolute Gasteiger partial charge is 0.118 e. The summed E-state index contributed by atoms with van der Waals surface area (Å²) in [6, 6.07) is 8.08. The van der Waals surface area contributed by atoms with Gasteiger partial charge in [-0.3, -0.25) is 4.90 Å². The van der Waals surface area contributed by atoms with Gasteiger partial charge in [-0.25, -0.2) is 0 Å². The molecule has 0 aliphatic heterocycles. The quantitative estimate of drug-likeness (QED) is 0.798. The SMILES string of the molecule is COCC(C)(CN)N(C)Cc1ccc(OC)cc1. The maximum absolute atomic E-state index is 5.85. The van der Waals surface area contributed by atoms with Crippen LogP contribution < -0.4 is 10.5 Å². The first-order chi connectivity index (χ1) is 8.55. The first kappa shape index (κ1) is 15.0. The minimum atomic E-state index is -0.144. The van der Waals surface area contributed by atoms with E-state index in [0.717, 1.165) is 12.3 Å². The Labute approximate surface area is 110 Å². The van der Waals surface area contributed by atoms with Gasteiger partial charge in [-0.05, 0) is 31.7 Å². The van der Waals surface area contributed by atoms with E-state index in [1.54, 1.807) is 14.2 Å². The van der Waals surface area contributed by atoms with Gasteiger partial charge in [-0.1, -0.05) is 12.1 Å². The summed E-state index contributed by atoms with van der Waals surface area (Å²) >= 11 is 0. The van der Waals surface area contributed by atoms with Crippen LogP contribution >= 0.6 is 0 Å². The van der Waals surface area contributed by atoms with Gasteiger partial charge in [-0.2, -0.15) is 0 Å². The van der Waals surface area contributed by atoms with Crippen LogP contribution in [0.4, 0.5) is 0 Å². The number of nitrogens with two attached hydrogens (primary N) is 1. The van der Waals surface area contributed by atoms with Gasteiger partial charge in [0.25, 0.3) is 0 Å². The summed E-state index contributed by atoms with van der Waals surface area (Å²) in [5, 5.41) is 0. The summed E-state index contributed by atoms with van der Waals surface area (Å²) in [4.78, 5) is 2.22. The highest BCUT2D eigenvalue weighted by atomic mass is 16.5. The lowest BCUT2D eigenvalue weighted by molar-refractivity contribution is 0.0390. The maximum atomic E-state index is 5.85. The van der Waals surface area contributed by atoms with Crippen molar-refractivity contribution in [3.05, 3.63) is 29.8 Å². The van der Waals surface area contributed by atoms with Gasteiger partial charge >= 0.3 is 0 Å². The molecule has 0 aliphatic rings. The van der Waals surface area contributed by atoms with Crippen LogP contribution in [0.3, 0.4) is 0 Å². The van der Waals surface area contributed by atoms with Gasteiger partial charge in [0.05, 0.1) is 19.3 Å². The second-order valence-corrected chi connectivity index (χ2v) is 4.84. The molecule has 1 unspecified atom stereocenters. The number of ether oxygens (including phenoxy) is 2. The fourth-order valence-electron chi connectivity index (χ4n) is 1.83. The monoisotopic (exact) mass is 252 g/mol. The van der Waals surface area contributed by atoms with Crippen molar-refractivity contribution in [3.63, 3.8) is 0 Å². The molecule has 0 bridgehead atoms. The number of methoxy groups -OCH3 is 2. The lowest BCUT2D eigenvalue weighted by Crippen LogP contribution is -2.52. The van der Waals surface area contributed by atoms with Crippen LogP contribution in [0, 0.1) is 0 Å². The van der Waals surface area contributed by atoms with E-state index in [4.69, 9.17) is 15.2 Å². The molecular weight excluding hydrogens is 228 g/mol. The van der Waals surface area contributed by atoms with E-state index in [0.29, 0.717) is 13.2 Å². The standard InChI is InChI=1S/C14H24N2O2/c1-14(10-15,11-17-3)16(2)9-12-5-7-13(18-4)8-6-12/h5-8H,9-11,15H2,1-4H3. The molecule has 18 heavy (non-hydrogen) atoms. The van der Waals surface area contributed by atoms with Crippen LogP contribution in [-0.4, -0.2) is 44.9 Å². The number of rotatable bonds is 7. The lowest BCUT2D eigenvalue weighted by atomic mass is 10.0. The Balaban J connectivity index is 2.69. The average Bonchev–Trinajstić information content (AvgIpc) is 2.39. The normalized spacial score (nSPS) is 14.6. The average molecular weight is 252 g/mol. The van der Waals surface area contributed by atoms with Gasteiger partial charge in [-0.15, -0.1) is 0 Å². The highest BCUT2D eigenvalue weighted by Crippen LogP contribution is 2.18. The Kier molecular flexibility index (Phi) is 5.59. The second kappa shape index (κ2) is 6.73. The molecule has 0 saturated carbocycles. The highest BCUT2D eigenvalue weighted by Gasteiger charge is 2.27. The number of hydrogen-bond donors (Lipinski definition) is 1. The van der Waals surface area contributed by atoms with Crippen molar-refractivity contribution in [1.29, 1.82) is 0 Å². The molecule has 0 amide bonds. The number of likely N-dealkylation sites (N-methyl/N-ethyl adjacent to an activating group) is 1. The van der Waals surface area contributed by atoms with Crippen LogP contribution in [0.25, 0.3) is 0 Å². The number of hydrogen-bond acceptors (Lipinski definition) is 4. The van der Waals surface area contributed by atoms with Gasteiger partial charge in [0.1, 0.15) is 5.75 Å². The minimum Gasteiger partial charge on any atom is -0.497 e. The summed E-state index contributed by atoms with van der Waals surface area (Å²) in [6.07, 6.45) is 0. The van der Waals surface area contributed by atoms with E-state index in [-0.39, 0.29) is 5.54 Å². The molecule has 102 valence electrons. The van der Waals surface area contributed by atoms with Crippen molar-refractivity contribution in [2.24, 2.45) is 5.73 Å². The van der Waals surface area contributed by atoms with Crippen LogP contribution in [0.1, 0.15) is 12.5 Å². The van der Waals surface area contributed by atoms with E-state index in [2.05, 4.69) is 31.0 Å². The zero-order valence-electron chi connectivity index (χ0n) is 11.8. The first-order valence-corrected chi connectivity index (χ1v) is 6.09. The molecule has 0 fully saturated rings. The molecule has 0 aliphatic carbocycles. The Morgan fingerprint density at radius 1 is 1.22 bits per heavy atom. The summed E-state index contributed by atoms with van der Waals surface area (Å²) in [5.74, 6) is 0.875. The molecule has 1 atom stereocenters. The maximum Gasteiger partial charge on any atom is 0.118 e. The Morgan fingerprint density at radius 3 is 2.28 bits per heavy atom. The van der Waals surface area contributed by atoms with Crippen molar-refractivity contribution >= 4 is 0 Å². The molecule has 4 heteroatoms. The summed E-state index contributed by atoms with van der Waals surface area (Å²) in [6.45, 7) is 4.13. The van der Waals surface area contributed by atoms with Crippen molar-refractivity contribution in [3.8, 4) is 5.75 Å². The summed E-state index contributed by atoms with van der Waals surface area (Å²) in [7, 11) is 5.44. The van der Waals surface area contributed by atoms with Gasteiger partial charge in [0.2, 0.25) is 0 Å². The fraction of sp³-hybridized carbons (Fsp3) is 0.571. The highest BCUT2D eigenvalue weighted by molar-refractivity contribution is 5.27. The fourth-order valence-corrected chi connectivity index (χ4v) is 1.83. The predicted molar refractivity (Wildman–Crippen MR) is 73.8 cm³/mol. The third-order valence-corrected chi connectivity index (χ3v) is 3.40. The van der Waals surface area contributed by atoms with E-state index < -0.39 is 0 Å². The van der Waals surface area contributed by atoms with Crippen molar-refractivity contribution in [2.45, 2.75) is 19.0 Å². The van der Waals surface area contributed by atoms with E-state index in [9.17, 15) is 0 Å². The Hall–Kier alpha value is -1.10. The topological polar surface area (TPSA) is 47.7 Å². The van der Waals surface area contributed by atoms with E-state index in [1.807, 2.05) is 12.1 Å². The third kappa shape index (κ3) is 3.70. The van der Waals surface area contributed by atoms with Crippen LogP contribution in [0.2, 0.25) is 0 Å². The van der Waals surface area contributed by atoms with Gasteiger partial charge < -0.3 is 15.2 Å². The molecule has 0 aromatic heterocycles. The molecular formula is C14H24N2O2. The van der Waals surface area contributed by atoms with Gasteiger partial charge in [0, 0.05) is 20.2 Å². The zero-order valence-corrected chi connectivity index (χ0v) is 11.8. The number of benzene rings is 1. The van der Waals surface area contributed by atoms with Crippen LogP contribution in [0.15, 0.2) is 24.3 Å². The summed E-state index contributed by atoms with van der Waals surface area (Å²) < 4.78 is 10.4. The van der Waals surface area contributed by atoms with E-state index in [1.165, 1.54) is 5.56 Å².